The highest BCUT2D eigenvalue weighted by Gasteiger charge is 2.42. The molecule has 6 rings (SSSR count). The van der Waals surface area contributed by atoms with E-state index in [1.54, 1.807) is 36.2 Å². The Kier molecular flexibility index (Phi) is 10.0. The molecule has 0 spiro atoms. The van der Waals surface area contributed by atoms with Gasteiger partial charge in [0, 0.05) is 36.7 Å². The molecule has 1 unspecified atom stereocenters. The summed E-state index contributed by atoms with van der Waals surface area (Å²) in [5.74, 6) is -0.398. The number of carbonyl (C=O) groups excluding carboxylic acids is 3. The van der Waals surface area contributed by atoms with Gasteiger partial charge in [-0.2, -0.15) is 0 Å². The second kappa shape index (κ2) is 14.5. The number of aliphatic hydroxyl groups is 1. The van der Waals surface area contributed by atoms with Crippen LogP contribution in [0.5, 0.6) is 0 Å². The number of hydrogen-bond donors (Lipinski definition) is 2. The predicted octanol–water partition coefficient (Wildman–Crippen LogP) is 5.05. The van der Waals surface area contributed by atoms with Gasteiger partial charge in [-0.3, -0.25) is 9.59 Å². The van der Waals surface area contributed by atoms with Crippen molar-refractivity contribution in [3.63, 3.8) is 0 Å². The van der Waals surface area contributed by atoms with Crippen molar-refractivity contribution in [1.29, 1.82) is 0 Å². The fourth-order valence-corrected chi connectivity index (χ4v) is 6.79. The topological polar surface area (TPSA) is 132 Å². The molecule has 2 fully saturated rings. The molecule has 3 heterocycles. The van der Waals surface area contributed by atoms with Gasteiger partial charge in [-0.15, -0.1) is 0 Å². The van der Waals surface area contributed by atoms with Crippen molar-refractivity contribution in [2.75, 3.05) is 10.7 Å². The van der Waals surface area contributed by atoms with E-state index >= 15 is 0 Å². The number of thioether (sulfide) groups is 1. The maximum atomic E-state index is 13.4. The lowest BCUT2D eigenvalue weighted by Gasteiger charge is -2.41. The predicted molar refractivity (Wildman–Crippen MR) is 174 cm³/mol. The number of nitrogens with zero attached hydrogens (tertiary/aromatic N) is 3. The molecule has 2 saturated heterocycles. The summed E-state index contributed by atoms with van der Waals surface area (Å²) in [4.78, 5) is 44.4. The van der Waals surface area contributed by atoms with Gasteiger partial charge in [0.15, 0.2) is 11.4 Å². The van der Waals surface area contributed by atoms with Gasteiger partial charge in [0.05, 0.1) is 30.9 Å². The van der Waals surface area contributed by atoms with Crippen LogP contribution in [-0.2, 0) is 44.1 Å². The molecule has 47 heavy (non-hydrogen) atoms. The zero-order chi connectivity index (χ0) is 32.9. The van der Waals surface area contributed by atoms with Crippen molar-refractivity contribution in [3.8, 4) is 0 Å². The second-order valence-electron chi connectivity index (χ2n) is 11.6. The first-order valence-electron chi connectivity index (χ1n) is 15.4. The number of carbonyl (C=O) groups is 3. The molecule has 1 aromatic heterocycles. The van der Waals surface area contributed by atoms with Crippen LogP contribution in [0.2, 0.25) is 0 Å². The molecule has 2 aliphatic rings. The molecule has 12 heteroatoms. The van der Waals surface area contributed by atoms with Gasteiger partial charge in [0.2, 0.25) is 5.91 Å². The van der Waals surface area contributed by atoms with Crippen molar-refractivity contribution in [2.24, 2.45) is 13.0 Å². The van der Waals surface area contributed by atoms with E-state index in [1.165, 1.54) is 0 Å². The standard InChI is InChI=1S/C35H36N4O7S/c1-22-29(21-47-34-36-15-16-38(34)2)45-33(46-31(22)25-13-11-23(19-40)12-14-25)26-9-6-10-27(17-26)39-30(41)18-28(32(39)42)37-35(43)44-20-24-7-4-3-5-8-24/h3-17,22,28-29,31,33,40H,18-21H2,1-2H3,(H,37,43)/t22-,28?,29+,31+,33+/m0/s1. The van der Waals surface area contributed by atoms with Crippen LogP contribution in [0.4, 0.5) is 10.5 Å². The van der Waals surface area contributed by atoms with E-state index in [1.807, 2.05) is 78.5 Å². The Morgan fingerprint density at radius 1 is 1.02 bits per heavy atom. The Balaban J connectivity index is 1.18. The van der Waals surface area contributed by atoms with Crippen molar-refractivity contribution >= 4 is 35.4 Å². The normalized spacial score (nSPS) is 22.8. The number of rotatable bonds is 10. The Hall–Kier alpha value is -4.49. The third-order valence-corrected chi connectivity index (χ3v) is 9.48. The maximum absolute atomic E-state index is 13.4. The van der Waals surface area contributed by atoms with Gasteiger partial charge in [-0.1, -0.05) is 85.4 Å². The summed E-state index contributed by atoms with van der Waals surface area (Å²) in [6, 6.07) is 22.7. The molecular formula is C35H36N4O7S. The van der Waals surface area contributed by atoms with Crippen molar-refractivity contribution in [3.05, 3.63) is 114 Å². The average Bonchev–Trinajstić information content (AvgIpc) is 3.63. The molecule has 2 N–H and O–H groups in total. The van der Waals surface area contributed by atoms with E-state index in [0.717, 1.165) is 26.7 Å². The highest BCUT2D eigenvalue weighted by molar-refractivity contribution is 7.99. The van der Waals surface area contributed by atoms with E-state index in [-0.39, 0.29) is 37.8 Å². The molecule has 2 aliphatic heterocycles. The first kappa shape index (κ1) is 32.5. The minimum Gasteiger partial charge on any atom is -0.445 e. The van der Waals surface area contributed by atoms with E-state index in [2.05, 4.69) is 17.2 Å². The number of imidazole rings is 1. The van der Waals surface area contributed by atoms with E-state index in [0.29, 0.717) is 17.0 Å². The quantitative estimate of drug-likeness (QED) is 0.178. The van der Waals surface area contributed by atoms with Crippen LogP contribution in [0.15, 0.2) is 96.4 Å². The SMILES string of the molecule is C[C@H]1[C@@H](CSc2nccn2C)O[C@@H](c2cccc(N3C(=O)CC(NC(=O)OCc4ccccc4)C3=O)c2)O[C@H]1c1ccc(CO)cc1. The maximum Gasteiger partial charge on any atom is 0.408 e. The van der Waals surface area contributed by atoms with Gasteiger partial charge >= 0.3 is 6.09 Å². The number of aryl methyl sites for hydroxylation is 1. The van der Waals surface area contributed by atoms with Gasteiger partial charge in [-0.25, -0.2) is 14.7 Å². The lowest BCUT2D eigenvalue weighted by molar-refractivity contribution is -0.268. The van der Waals surface area contributed by atoms with Gasteiger partial charge < -0.3 is 29.2 Å². The number of aromatic nitrogens is 2. The van der Waals surface area contributed by atoms with Crippen LogP contribution in [0.1, 0.15) is 48.0 Å². The molecule has 0 bridgehead atoms. The fourth-order valence-electron chi connectivity index (χ4n) is 5.69. The highest BCUT2D eigenvalue weighted by Crippen LogP contribution is 2.43. The van der Waals surface area contributed by atoms with E-state index in [9.17, 15) is 19.5 Å². The zero-order valence-corrected chi connectivity index (χ0v) is 26.8. The zero-order valence-electron chi connectivity index (χ0n) is 26.0. The molecule has 0 saturated carbocycles. The molecule has 0 radical (unpaired) electrons. The first-order valence-corrected chi connectivity index (χ1v) is 16.3. The molecule has 11 nitrogen and oxygen atoms in total. The number of amides is 3. The van der Waals surface area contributed by atoms with Crippen LogP contribution in [0.25, 0.3) is 0 Å². The molecule has 4 aromatic rings. The van der Waals surface area contributed by atoms with Crippen LogP contribution in [0.3, 0.4) is 0 Å². The van der Waals surface area contributed by atoms with Gasteiger partial charge in [0.1, 0.15) is 12.6 Å². The lowest BCUT2D eigenvalue weighted by atomic mass is 9.91. The van der Waals surface area contributed by atoms with Crippen molar-refractivity contribution in [2.45, 2.75) is 56.3 Å². The number of nitrogens with one attached hydrogen (secondary N) is 1. The molecule has 3 amide bonds. The van der Waals surface area contributed by atoms with Crippen LogP contribution in [0, 0.1) is 5.92 Å². The summed E-state index contributed by atoms with van der Waals surface area (Å²) in [6.07, 6.45) is 1.33. The Labute approximate surface area is 276 Å². The fraction of sp³-hybridized carbons (Fsp3) is 0.314. The van der Waals surface area contributed by atoms with Crippen LogP contribution in [-0.4, -0.2) is 50.5 Å². The number of ether oxygens (including phenoxy) is 3. The van der Waals surface area contributed by atoms with E-state index in [4.69, 9.17) is 14.2 Å². The average molecular weight is 657 g/mol. The van der Waals surface area contributed by atoms with Crippen molar-refractivity contribution < 1.29 is 33.7 Å². The van der Waals surface area contributed by atoms with Gasteiger partial charge in [-0.05, 0) is 28.8 Å². The summed E-state index contributed by atoms with van der Waals surface area (Å²) in [7, 11) is 1.94. The Bertz CT molecular complexity index is 1710. The summed E-state index contributed by atoms with van der Waals surface area (Å²) in [6.45, 7) is 2.07. The van der Waals surface area contributed by atoms with Crippen LogP contribution >= 0.6 is 11.8 Å². The number of hydrogen-bond acceptors (Lipinski definition) is 9. The van der Waals surface area contributed by atoms with E-state index < -0.39 is 30.2 Å². The Morgan fingerprint density at radius 3 is 2.53 bits per heavy atom. The minimum atomic E-state index is -1.05. The lowest BCUT2D eigenvalue weighted by Crippen LogP contribution is -2.42. The summed E-state index contributed by atoms with van der Waals surface area (Å²) >= 11 is 1.59. The first-order chi connectivity index (χ1) is 22.8. The third kappa shape index (κ3) is 7.41. The van der Waals surface area contributed by atoms with Crippen molar-refractivity contribution in [1.82, 2.24) is 14.9 Å². The van der Waals surface area contributed by atoms with Crippen LogP contribution < -0.4 is 10.2 Å². The molecule has 3 aromatic carbocycles. The number of alkyl carbamates (subject to hydrolysis) is 1. The molecule has 0 aliphatic carbocycles. The van der Waals surface area contributed by atoms with Gasteiger partial charge in [0.25, 0.3) is 5.91 Å². The number of imide groups is 1. The summed E-state index contributed by atoms with van der Waals surface area (Å²) in [5.41, 5.74) is 3.55. The summed E-state index contributed by atoms with van der Waals surface area (Å²) < 4.78 is 20.3. The molecular weight excluding hydrogens is 620 g/mol. The smallest absolute Gasteiger partial charge is 0.408 e. The highest BCUT2D eigenvalue weighted by atomic mass is 32.2. The monoisotopic (exact) mass is 656 g/mol. The molecule has 244 valence electrons. The Morgan fingerprint density at radius 2 is 1.81 bits per heavy atom. The second-order valence-corrected chi connectivity index (χ2v) is 12.6. The third-order valence-electron chi connectivity index (χ3n) is 8.33. The minimum absolute atomic E-state index is 0.0302. The summed E-state index contributed by atoms with van der Waals surface area (Å²) in [5, 5.41) is 12.9. The largest absolute Gasteiger partial charge is 0.445 e. The number of benzene rings is 3. The number of aliphatic hydroxyl groups excluding tert-OH is 1. The molecule has 5 atom stereocenters. The number of anilines is 1.